The molecule has 0 unspecified atom stereocenters. The molecule has 0 bridgehead atoms. The number of aromatic nitrogens is 4. The molecule has 0 spiro atoms. The van der Waals surface area contributed by atoms with Gasteiger partial charge in [0.15, 0.2) is 5.65 Å². The highest BCUT2D eigenvalue weighted by Gasteiger charge is 2.37. The smallest absolute Gasteiger partial charge is 0.406 e. The maximum absolute atomic E-state index is 14.8. The lowest BCUT2D eigenvalue weighted by atomic mass is 10.1. The summed E-state index contributed by atoms with van der Waals surface area (Å²) in [5, 5.41) is 7.37. The zero-order valence-corrected chi connectivity index (χ0v) is 16.3. The van der Waals surface area contributed by atoms with Crippen molar-refractivity contribution in [2.45, 2.75) is 18.9 Å². The lowest BCUT2D eigenvalue weighted by Gasteiger charge is -2.15. The molecule has 4 rings (SSSR count). The van der Waals surface area contributed by atoms with Gasteiger partial charge in [-0.25, -0.2) is 0 Å². The van der Waals surface area contributed by atoms with Crippen LogP contribution in [0.15, 0.2) is 67.1 Å². The van der Waals surface area contributed by atoms with Gasteiger partial charge < -0.3 is 9.47 Å². The van der Waals surface area contributed by atoms with Gasteiger partial charge in [0.2, 0.25) is 5.82 Å². The van der Waals surface area contributed by atoms with Gasteiger partial charge in [-0.1, -0.05) is 18.2 Å². The van der Waals surface area contributed by atoms with Gasteiger partial charge in [0, 0.05) is 18.6 Å². The van der Waals surface area contributed by atoms with Gasteiger partial charge in [-0.2, -0.15) is 8.78 Å². The number of hydrogen-bond acceptors (Lipinski definition) is 5. The predicted molar refractivity (Wildman–Crippen MR) is 103 cm³/mol. The first-order chi connectivity index (χ1) is 15.2. The van der Waals surface area contributed by atoms with E-state index in [0.717, 1.165) is 16.5 Å². The second kappa shape index (κ2) is 8.50. The average Bonchev–Trinajstić information content (AvgIpc) is 3.18. The van der Waals surface area contributed by atoms with E-state index in [2.05, 4.69) is 19.9 Å². The number of fused-ring (bicyclic) bond motifs is 1. The maximum atomic E-state index is 14.8. The monoisotopic (exact) mass is 450 g/mol. The summed E-state index contributed by atoms with van der Waals surface area (Å²) in [7, 11) is 0. The molecular formula is C21H15F5N4O2. The van der Waals surface area contributed by atoms with Crippen LogP contribution in [0, 0.1) is 0 Å². The minimum absolute atomic E-state index is 0.0439. The lowest BCUT2D eigenvalue weighted by molar-refractivity contribution is -0.274. The molecule has 0 amide bonds. The Bertz CT molecular complexity index is 1190. The Morgan fingerprint density at radius 2 is 1.62 bits per heavy atom. The van der Waals surface area contributed by atoms with Crippen molar-refractivity contribution in [3.05, 3.63) is 78.5 Å². The topological polar surface area (TPSA) is 61.5 Å². The van der Waals surface area contributed by atoms with Crippen molar-refractivity contribution in [2.24, 2.45) is 0 Å². The molecule has 0 fully saturated rings. The van der Waals surface area contributed by atoms with E-state index in [9.17, 15) is 22.0 Å². The zero-order chi connectivity index (χ0) is 22.8. The van der Waals surface area contributed by atoms with Crippen LogP contribution in [0.2, 0.25) is 0 Å². The van der Waals surface area contributed by atoms with Crippen molar-refractivity contribution in [3.8, 4) is 16.9 Å². The third-order valence-electron chi connectivity index (χ3n) is 4.43. The number of nitrogens with zero attached hydrogens (tertiary/aromatic N) is 4. The average molecular weight is 450 g/mol. The summed E-state index contributed by atoms with van der Waals surface area (Å²) in [6.07, 6.45) is -0.335. The van der Waals surface area contributed by atoms with Gasteiger partial charge in [-0.05, 0) is 47.0 Å². The van der Waals surface area contributed by atoms with E-state index in [-0.39, 0.29) is 18.0 Å². The van der Waals surface area contributed by atoms with Gasteiger partial charge in [-0.15, -0.1) is 23.4 Å². The summed E-state index contributed by atoms with van der Waals surface area (Å²) in [6, 6.07) is 11.5. The van der Waals surface area contributed by atoms with Crippen LogP contribution in [0.1, 0.15) is 11.4 Å². The molecular weight excluding hydrogens is 435 g/mol. The normalized spacial score (nSPS) is 12.3. The number of alkyl halides is 5. The van der Waals surface area contributed by atoms with Crippen LogP contribution >= 0.6 is 0 Å². The molecule has 0 atom stereocenters. The molecule has 1 aromatic carbocycles. The summed E-state index contributed by atoms with van der Waals surface area (Å²) in [6.45, 7) is -0.964. The molecule has 0 aliphatic carbocycles. The van der Waals surface area contributed by atoms with Crippen LogP contribution in [-0.4, -0.2) is 32.6 Å². The second-order valence-corrected chi connectivity index (χ2v) is 6.80. The quantitative estimate of drug-likeness (QED) is 0.371. The third kappa shape index (κ3) is 4.99. The van der Waals surface area contributed by atoms with Crippen LogP contribution < -0.4 is 4.74 Å². The first-order valence-corrected chi connectivity index (χ1v) is 9.27. The van der Waals surface area contributed by atoms with Crippen molar-refractivity contribution in [1.82, 2.24) is 19.6 Å². The molecule has 0 saturated carbocycles. The third-order valence-corrected chi connectivity index (χ3v) is 4.43. The summed E-state index contributed by atoms with van der Waals surface area (Å²) in [5.74, 6) is -4.44. The van der Waals surface area contributed by atoms with Crippen LogP contribution in [0.3, 0.4) is 0 Å². The van der Waals surface area contributed by atoms with E-state index in [1.807, 2.05) is 0 Å². The molecule has 3 heterocycles. The van der Waals surface area contributed by atoms with Gasteiger partial charge >= 0.3 is 12.3 Å². The van der Waals surface area contributed by atoms with Crippen molar-refractivity contribution >= 4 is 5.65 Å². The van der Waals surface area contributed by atoms with Crippen molar-refractivity contribution < 1.29 is 31.4 Å². The highest BCUT2D eigenvalue weighted by atomic mass is 19.4. The fourth-order valence-corrected chi connectivity index (χ4v) is 3.01. The molecule has 0 aliphatic heterocycles. The Hall–Kier alpha value is -3.60. The van der Waals surface area contributed by atoms with Crippen LogP contribution in [0.4, 0.5) is 22.0 Å². The molecule has 0 radical (unpaired) electrons. The number of ether oxygens (including phenoxy) is 2. The Kier molecular flexibility index (Phi) is 5.74. The van der Waals surface area contributed by atoms with E-state index in [0.29, 0.717) is 16.7 Å². The van der Waals surface area contributed by atoms with Gasteiger partial charge in [0.25, 0.3) is 0 Å². The lowest BCUT2D eigenvalue weighted by Crippen LogP contribution is -2.24. The van der Waals surface area contributed by atoms with Gasteiger partial charge in [-0.3, -0.25) is 9.38 Å². The summed E-state index contributed by atoms with van der Waals surface area (Å²) in [5.41, 5.74) is 1.81. The molecule has 0 N–H and O–H groups in total. The van der Waals surface area contributed by atoms with Crippen LogP contribution in [-0.2, 0) is 17.3 Å². The van der Waals surface area contributed by atoms with Gasteiger partial charge in [0.05, 0.1) is 6.61 Å². The summed E-state index contributed by atoms with van der Waals surface area (Å²) >= 11 is 0. The van der Waals surface area contributed by atoms with E-state index < -0.39 is 24.7 Å². The largest absolute Gasteiger partial charge is 0.573 e. The predicted octanol–water partition coefficient (Wildman–Crippen LogP) is 5.00. The minimum atomic E-state index is -4.80. The van der Waals surface area contributed by atoms with Crippen molar-refractivity contribution in [1.29, 1.82) is 0 Å². The van der Waals surface area contributed by atoms with E-state index >= 15 is 0 Å². The minimum Gasteiger partial charge on any atom is -0.406 e. The van der Waals surface area contributed by atoms with E-state index in [1.54, 1.807) is 24.4 Å². The van der Waals surface area contributed by atoms with Crippen molar-refractivity contribution in [3.63, 3.8) is 0 Å². The number of benzene rings is 1. The fraction of sp³-hybridized carbons (Fsp3) is 0.190. The number of hydrogen-bond donors (Lipinski definition) is 0. The number of pyridine rings is 2. The Morgan fingerprint density at radius 1 is 0.875 bits per heavy atom. The summed E-state index contributed by atoms with van der Waals surface area (Å²) < 4.78 is 76.6. The fourth-order valence-electron chi connectivity index (χ4n) is 3.01. The molecule has 0 aliphatic rings. The molecule has 0 saturated heterocycles. The van der Waals surface area contributed by atoms with E-state index in [4.69, 9.17) is 4.74 Å². The zero-order valence-electron chi connectivity index (χ0n) is 16.3. The first kappa shape index (κ1) is 21.6. The molecule has 4 aromatic rings. The standard InChI is InChI=1S/C21H15F5N4O2/c22-20(23,13-31-12-14-2-1-9-27-10-14)19-29-28-18-8-5-16(11-30(18)19)15-3-6-17(7-4-15)32-21(24,25)26/h1-11H,12-13H2. The van der Waals surface area contributed by atoms with Crippen LogP contribution in [0.5, 0.6) is 5.75 Å². The first-order valence-electron chi connectivity index (χ1n) is 9.27. The van der Waals surface area contributed by atoms with Gasteiger partial charge in [0.1, 0.15) is 12.4 Å². The molecule has 6 nitrogen and oxygen atoms in total. The Labute approximate surface area is 178 Å². The molecule has 3 aromatic heterocycles. The highest BCUT2D eigenvalue weighted by Crippen LogP contribution is 2.30. The highest BCUT2D eigenvalue weighted by molar-refractivity contribution is 5.65. The van der Waals surface area contributed by atoms with Crippen molar-refractivity contribution in [2.75, 3.05) is 6.61 Å². The molecule has 166 valence electrons. The van der Waals surface area contributed by atoms with E-state index in [1.165, 1.54) is 30.6 Å². The molecule has 11 heteroatoms. The SMILES string of the molecule is FC(F)(F)Oc1ccc(-c2ccc3nnc(C(F)(F)COCc4cccnc4)n3c2)cc1. The summed E-state index contributed by atoms with van der Waals surface area (Å²) in [4.78, 5) is 3.89. The Morgan fingerprint density at radius 3 is 2.31 bits per heavy atom. The molecule has 32 heavy (non-hydrogen) atoms. The number of halogens is 5. The van der Waals surface area contributed by atoms with Crippen LogP contribution in [0.25, 0.3) is 16.8 Å². The maximum Gasteiger partial charge on any atom is 0.573 e. The second-order valence-electron chi connectivity index (χ2n) is 6.80. The number of rotatable bonds is 7. The Balaban J connectivity index is 1.54.